The molecule has 0 radical (unpaired) electrons. The summed E-state index contributed by atoms with van der Waals surface area (Å²) in [5, 5.41) is 3.54. The highest BCUT2D eigenvalue weighted by atomic mass is 16.5. The highest BCUT2D eigenvalue weighted by molar-refractivity contribution is 5.67. The smallest absolute Gasteiger partial charge is 0.142 e. The highest BCUT2D eigenvalue weighted by Gasteiger charge is 2.32. The van der Waals surface area contributed by atoms with Crippen LogP contribution in [0.15, 0.2) is 18.2 Å². The van der Waals surface area contributed by atoms with Gasteiger partial charge in [-0.05, 0) is 50.5 Å². The van der Waals surface area contributed by atoms with Crippen LogP contribution in [0.3, 0.4) is 0 Å². The first-order valence-electron chi connectivity index (χ1n) is 6.89. The Morgan fingerprint density at radius 2 is 2.06 bits per heavy atom. The van der Waals surface area contributed by atoms with Crippen molar-refractivity contribution in [3.63, 3.8) is 0 Å². The molecule has 0 spiro atoms. The topological polar surface area (TPSA) is 24.5 Å². The summed E-state index contributed by atoms with van der Waals surface area (Å²) in [6.07, 6.45) is 2.64. The maximum atomic E-state index is 5.44. The van der Waals surface area contributed by atoms with E-state index in [1.807, 2.05) is 6.07 Å². The molecule has 2 aliphatic heterocycles. The lowest BCUT2D eigenvalue weighted by atomic mass is 9.81. The average Bonchev–Trinajstić information content (AvgIpc) is 2.83. The minimum atomic E-state index is 0.670. The van der Waals surface area contributed by atoms with Crippen LogP contribution in [-0.2, 0) is 0 Å². The molecule has 18 heavy (non-hydrogen) atoms. The van der Waals surface area contributed by atoms with Gasteiger partial charge < -0.3 is 15.0 Å². The molecule has 2 heterocycles. The number of ether oxygens (including phenoxy) is 1. The molecule has 0 amide bonds. The SMILES string of the molecule is COc1cccc2c1NCC2C1CCN(C)CC1. The summed E-state index contributed by atoms with van der Waals surface area (Å²) >= 11 is 0. The fraction of sp³-hybridized carbons (Fsp3) is 0.600. The Kier molecular flexibility index (Phi) is 3.16. The molecule has 1 atom stereocenters. The lowest BCUT2D eigenvalue weighted by molar-refractivity contribution is 0.202. The molecule has 0 saturated carbocycles. The molecular weight excluding hydrogens is 224 g/mol. The molecule has 3 nitrogen and oxygen atoms in total. The summed E-state index contributed by atoms with van der Waals surface area (Å²) < 4.78 is 5.44. The Morgan fingerprint density at radius 1 is 1.28 bits per heavy atom. The first-order chi connectivity index (χ1) is 8.79. The van der Waals surface area contributed by atoms with E-state index < -0.39 is 0 Å². The van der Waals surface area contributed by atoms with Crippen molar-refractivity contribution in [3.8, 4) is 5.75 Å². The molecular formula is C15H22N2O. The Morgan fingerprint density at radius 3 is 2.78 bits per heavy atom. The molecule has 0 bridgehead atoms. The van der Waals surface area contributed by atoms with Gasteiger partial charge in [-0.25, -0.2) is 0 Å². The van der Waals surface area contributed by atoms with Gasteiger partial charge >= 0.3 is 0 Å². The second kappa shape index (κ2) is 4.81. The van der Waals surface area contributed by atoms with Crippen LogP contribution in [0.2, 0.25) is 0 Å². The van der Waals surface area contributed by atoms with Crippen molar-refractivity contribution in [3.05, 3.63) is 23.8 Å². The Bertz CT molecular complexity index is 425. The number of likely N-dealkylation sites (tertiary alicyclic amines) is 1. The lowest BCUT2D eigenvalue weighted by Gasteiger charge is -2.32. The number of rotatable bonds is 2. The Balaban J connectivity index is 1.82. The number of fused-ring (bicyclic) bond motifs is 1. The zero-order valence-electron chi connectivity index (χ0n) is 11.3. The molecule has 0 aliphatic carbocycles. The third-order valence-electron chi connectivity index (χ3n) is 4.51. The molecule has 1 fully saturated rings. The fourth-order valence-corrected chi connectivity index (χ4v) is 3.39. The standard InChI is InChI=1S/C15H22N2O/c1-17-8-6-11(7-9-17)13-10-16-15-12(13)4-3-5-14(15)18-2/h3-5,11,13,16H,6-10H2,1-2H3. The Hall–Kier alpha value is -1.22. The average molecular weight is 246 g/mol. The fourth-order valence-electron chi connectivity index (χ4n) is 3.39. The normalized spacial score (nSPS) is 24.7. The van der Waals surface area contributed by atoms with Crippen molar-refractivity contribution in [1.29, 1.82) is 0 Å². The van der Waals surface area contributed by atoms with Crippen LogP contribution in [0.1, 0.15) is 24.3 Å². The number of nitrogens with one attached hydrogen (secondary N) is 1. The van der Waals surface area contributed by atoms with Crippen LogP contribution < -0.4 is 10.1 Å². The van der Waals surface area contributed by atoms with E-state index in [2.05, 4.69) is 29.4 Å². The number of hydrogen-bond acceptors (Lipinski definition) is 3. The first-order valence-corrected chi connectivity index (χ1v) is 6.89. The van der Waals surface area contributed by atoms with E-state index in [9.17, 15) is 0 Å². The number of methoxy groups -OCH3 is 1. The number of anilines is 1. The van der Waals surface area contributed by atoms with Crippen LogP contribution in [0.5, 0.6) is 5.75 Å². The lowest BCUT2D eigenvalue weighted by Crippen LogP contribution is -2.33. The third-order valence-corrected chi connectivity index (χ3v) is 4.51. The van der Waals surface area contributed by atoms with Crippen molar-refractivity contribution in [2.24, 2.45) is 5.92 Å². The summed E-state index contributed by atoms with van der Waals surface area (Å²) in [4.78, 5) is 2.44. The minimum absolute atomic E-state index is 0.670. The number of para-hydroxylation sites is 1. The van der Waals surface area contributed by atoms with Crippen molar-refractivity contribution in [1.82, 2.24) is 4.90 Å². The van der Waals surface area contributed by atoms with Crippen molar-refractivity contribution >= 4 is 5.69 Å². The zero-order valence-corrected chi connectivity index (χ0v) is 11.3. The molecule has 1 aromatic rings. The van der Waals surface area contributed by atoms with E-state index in [0.717, 1.165) is 18.2 Å². The van der Waals surface area contributed by atoms with Gasteiger partial charge in [0.15, 0.2) is 0 Å². The quantitative estimate of drug-likeness (QED) is 0.868. The van der Waals surface area contributed by atoms with Crippen molar-refractivity contribution < 1.29 is 4.74 Å². The number of piperidine rings is 1. The zero-order chi connectivity index (χ0) is 12.5. The summed E-state index contributed by atoms with van der Waals surface area (Å²) in [5.41, 5.74) is 2.69. The molecule has 3 heteroatoms. The molecule has 1 unspecified atom stereocenters. The van der Waals surface area contributed by atoms with Crippen LogP contribution >= 0.6 is 0 Å². The molecule has 1 saturated heterocycles. The van der Waals surface area contributed by atoms with Crippen LogP contribution in [0.25, 0.3) is 0 Å². The molecule has 0 aromatic heterocycles. The van der Waals surface area contributed by atoms with Crippen LogP contribution in [-0.4, -0.2) is 38.7 Å². The van der Waals surface area contributed by atoms with Gasteiger partial charge in [0.1, 0.15) is 5.75 Å². The maximum Gasteiger partial charge on any atom is 0.142 e. The molecule has 1 N–H and O–H groups in total. The van der Waals surface area contributed by atoms with E-state index >= 15 is 0 Å². The van der Waals surface area contributed by atoms with Crippen LogP contribution in [0, 0.1) is 5.92 Å². The van der Waals surface area contributed by atoms with Gasteiger partial charge in [-0.3, -0.25) is 0 Å². The summed E-state index contributed by atoms with van der Waals surface area (Å²) in [7, 11) is 3.97. The van der Waals surface area contributed by atoms with Gasteiger partial charge in [0.25, 0.3) is 0 Å². The monoisotopic (exact) mass is 246 g/mol. The van der Waals surface area contributed by atoms with Gasteiger partial charge in [-0.15, -0.1) is 0 Å². The first kappa shape index (κ1) is 11.8. The predicted octanol–water partition coefficient (Wildman–Crippen LogP) is 2.55. The van der Waals surface area contributed by atoms with E-state index in [1.54, 1.807) is 7.11 Å². The number of benzene rings is 1. The van der Waals surface area contributed by atoms with Crippen LogP contribution in [0.4, 0.5) is 5.69 Å². The number of nitrogens with zero attached hydrogens (tertiary/aromatic N) is 1. The highest BCUT2D eigenvalue weighted by Crippen LogP contribution is 2.44. The van der Waals surface area contributed by atoms with E-state index in [-0.39, 0.29) is 0 Å². The van der Waals surface area contributed by atoms with Gasteiger partial charge in [0.05, 0.1) is 12.8 Å². The third kappa shape index (κ3) is 1.97. The molecule has 98 valence electrons. The van der Waals surface area contributed by atoms with Crippen molar-refractivity contribution in [2.75, 3.05) is 39.1 Å². The number of hydrogen-bond donors (Lipinski definition) is 1. The largest absolute Gasteiger partial charge is 0.495 e. The minimum Gasteiger partial charge on any atom is -0.495 e. The second-order valence-electron chi connectivity index (χ2n) is 5.55. The van der Waals surface area contributed by atoms with Gasteiger partial charge in [0.2, 0.25) is 0 Å². The van der Waals surface area contributed by atoms with E-state index in [4.69, 9.17) is 4.74 Å². The Labute approximate surface area is 109 Å². The summed E-state index contributed by atoms with van der Waals surface area (Å²) in [6, 6.07) is 6.43. The second-order valence-corrected chi connectivity index (χ2v) is 5.55. The molecule has 1 aromatic carbocycles. The van der Waals surface area contributed by atoms with Gasteiger partial charge in [-0.1, -0.05) is 12.1 Å². The molecule has 2 aliphatic rings. The van der Waals surface area contributed by atoms with E-state index in [0.29, 0.717) is 5.92 Å². The predicted molar refractivity (Wildman–Crippen MR) is 74.4 cm³/mol. The van der Waals surface area contributed by atoms with Crippen molar-refractivity contribution in [2.45, 2.75) is 18.8 Å². The van der Waals surface area contributed by atoms with Gasteiger partial charge in [-0.2, -0.15) is 0 Å². The summed E-state index contributed by atoms with van der Waals surface area (Å²) in [6.45, 7) is 3.55. The van der Waals surface area contributed by atoms with E-state index in [1.165, 1.54) is 37.2 Å². The van der Waals surface area contributed by atoms with Gasteiger partial charge in [0, 0.05) is 12.5 Å². The summed E-state index contributed by atoms with van der Waals surface area (Å²) in [5.74, 6) is 2.48. The maximum absolute atomic E-state index is 5.44. The molecule has 3 rings (SSSR count).